The highest BCUT2D eigenvalue weighted by atomic mass is 16.3. The monoisotopic (exact) mass is 146 g/mol. The summed E-state index contributed by atoms with van der Waals surface area (Å²) >= 11 is 0. The van der Waals surface area contributed by atoms with Crippen LogP contribution in [0.2, 0.25) is 0 Å². The third-order valence-electron chi connectivity index (χ3n) is 1.13. The molecule has 0 atom stereocenters. The van der Waals surface area contributed by atoms with Gasteiger partial charge in [-0.25, -0.2) is 0 Å². The number of carbonyl (C=O) groups excluding carboxylic acids is 1. The number of rotatable bonds is 3. The molecule has 4 N–H and O–H groups in total. The highest BCUT2D eigenvalue weighted by Crippen LogP contribution is 1.96. The van der Waals surface area contributed by atoms with Crippen molar-refractivity contribution in [2.24, 2.45) is 5.73 Å². The summed E-state index contributed by atoms with van der Waals surface area (Å²) in [5.74, 6) is -0.393. The fourth-order valence-corrected chi connectivity index (χ4v) is 0.468. The average molecular weight is 146 g/mol. The van der Waals surface area contributed by atoms with E-state index < -0.39 is 18.1 Å². The molecule has 60 valence electrons. The van der Waals surface area contributed by atoms with Gasteiger partial charge in [0, 0.05) is 12.1 Å². The molecule has 0 saturated heterocycles. The quantitative estimate of drug-likeness (QED) is 0.469. The summed E-state index contributed by atoms with van der Waals surface area (Å²) in [5, 5.41) is 10.9. The van der Waals surface area contributed by atoms with Gasteiger partial charge in [-0.15, -0.1) is 0 Å². The van der Waals surface area contributed by atoms with Gasteiger partial charge in [0.2, 0.25) is 5.91 Å². The molecule has 0 aliphatic carbocycles. The Morgan fingerprint density at radius 1 is 1.70 bits per heavy atom. The molecule has 0 aliphatic heterocycles. The summed E-state index contributed by atoms with van der Waals surface area (Å²) in [6, 6.07) is 0. The molecule has 4 heteroatoms. The molecular formula is C6H14N2O2. The fraction of sp³-hybridized carbons (Fsp3) is 0.833. The molecule has 0 heterocycles. The van der Waals surface area contributed by atoms with Crippen LogP contribution in [0.15, 0.2) is 0 Å². The van der Waals surface area contributed by atoms with E-state index in [2.05, 4.69) is 5.32 Å². The lowest BCUT2D eigenvalue weighted by atomic mass is 10.1. The Bertz CT molecular complexity index is 123. The Morgan fingerprint density at radius 3 is 2.50 bits per heavy atom. The van der Waals surface area contributed by atoms with E-state index in [0.717, 1.165) is 0 Å². The number of hydrogen-bond acceptors (Lipinski definition) is 3. The highest BCUT2D eigenvalue weighted by molar-refractivity contribution is 5.77. The maximum atomic E-state index is 10.6. The molecule has 0 aromatic heterocycles. The second kappa shape index (κ2) is 3.53. The molecule has 0 rings (SSSR count). The lowest BCUT2D eigenvalue weighted by Crippen LogP contribution is -2.49. The molecule has 0 radical (unpaired) electrons. The van der Waals surface area contributed by atoms with Gasteiger partial charge in [-0.1, -0.05) is 0 Å². The number of nitrogens with one attached hydrogen (secondary N) is 1. The predicted molar refractivity (Wildman–Crippen MR) is 38.4 cm³/mol. The van der Waals surface area contributed by atoms with Crippen molar-refractivity contribution >= 4 is 5.91 Å². The van der Waals surface area contributed by atoms with Gasteiger partial charge < -0.3 is 16.2 Å². The third kappa shape index (κ3) is 3.42. The van der Waals surface area contributed by atoms with Gasteiger partial charge in [0.1, 0.15) is 6.61 Å². The maximum Gasteiger partial charge on any atom is 0.246 e. The van der Waals surface area contributed by atoms with Crippen LogP contribution in [0.5, 0.6) is 0 Å². The van der Waals surface area contributed by atoms with Crippen molar-refractivity contribution in [1.82, 2.24) is 5.32 Å². The normalized spacial score (nSPS) is 11.2. The zero-order valence-electron chi connectivity index (χ0n) is 6.35. The van der Waals surface area contributed by atoms with Gasteiger partial charge in [0.15, 0.2) is 0 Å². The number of carbonyl (C=O) groups is 1. The van der Waals surface area contributed by atoms with Gasteiger partial charge in [-0.3, -0.25) is 4.79 Å². The Kier molecular flexibility index (Phi) is 3.32. The second-order valence-corrected chi connectivity index (χ2v) is 2.79. The molecule has 0 spiro atoms. The van der Waals surface area contributed by atoms with E-state index >= 15 is 0 Å². The van der Waals surface area contributed by atoms with Gasteiger partial charge in [0.25, 0.3) is 0 Å². The number of nitrogens with two attached hydrogens (primary N) is 1. The lowest BCUT2D eigenvalue weighted by Gasteiger charge is -2.23. The number of hydrogen-bond donors (Lipinski definition) is 3. The molecule has 0 bridgehead atoms. The zero-order chi connectivity index (χ0) is 8.20. The van der Waals surface area contributed by atoms with Crippen molar-refractivity contribution in [2.45, 2.75) is 19.4 Å². The number of aliphatic hydroxyl groups is 1. The molecule has 10 heavy (non-hydrogen) atoms. The van der Waals surface area contributed by atoms with E-state index in [1.807, 2.05) is 0 Å². The van der Waals surface area contributed by atoms with Crippen LogP contribution in [0.1, 0.15) is 13.8 Å². The molecule has 0 unspecified atom stereocenters. The van der Waals surface area contributed by atoms with Crippen molar-refractivity contribution in [2.75, 3.05) is 13.2 Å². The molecule has 4 nitrogen and oxygen atoms in total. The SMILES string of the molecule is CC(C)(CN)NC(=O)CO. The number of aliphatic hydroxyl groups excluding tert-OH is 1. The molecular weight excluding hydrogens is 132 g/mol. The first-order valence-electron chi connectivity index (χ1n) is 3.14. The molecule has 0 saturated carbocycles. The van der Waals surface area contributed by atoms with Crippen molar-refractivity contribution in [3.8, 4) is 0 Å². The highest BCUT2D eigenvalue weighted by Gasteiger charge is 2.16. The van der Waals surface area contributed by atoms with Gasteiger partial charge >= 0.3 is 0 Å². The summed E-state index contributed by atoms with van der Waals surface area (Å²) in [7, 11) is 0. The van der Waals surface area contributed by atoms with E-state index in [1.54, 1.807) is 13.8 Å². The second-order valence-electron chi connectivity index (χ2n) is 2.79. The predicted octanol–water partition coefficient (Wildman–Crippen LogP) is -1.17. The standard InChI is InChI=1S/C6H14N2O2/c1-6(2,4-7)8-5(10)3-9/h9H,3-4,7H2,1-2H3,(H,8,10). The number of amides is 1. The molecule has 0 aromatic rings. The molecule has 0 aromatic carbocycles. The van der Waals surface area contributed by atoms with E-state index in [9.17, 15) is 4.79 Å². The van der Waals surface area contributed by atoms with Crippen molar-refractivity contribution in [1.29, 1.82) is 0 Å². The van der Waals surface area contributed by atoms with Crippen LogP contribution in [-0.2, 0) is 4.79 Å². The topological polar surface area (TPSA) is 75.3 Å². The van der Waals surface area contributed by atoms with E-state index in [4.69, 9.17) is 10.8 Å². The van der Waals surface area contributed by atoms with Crippen LogP contribution in [0.25, 0.3) is 0 Å². The van der Waals surface area contributed by atoms with Crippen LogP contribution in [-0.4, -0.2) is 29.7 Å². The summed E-state index contributed by atoms with van der Waals surface area (Å²) < 4.78 is 0. The van der Waals surface area contributed by atoms with Crippen molar-refractivity contribution < 1.29 is 9.90 Å². The minimum Gasteiger partial charge on any atom is -0.387 e. The largest absolute Gasteiger partial charge is 0.387 e. The Labute approximate surface area is 60.4 Å². The van der Waals surface area contributed by atoms with Crippen LogP contribution in [0, 0.1) is 0 Å². The Hall–Kier alpha value is -0.610. The van der Waals surface area contributed by atoms with Crippen LogP contribution >= 0.6 is 0 Å². The summed E-state index contributed by atoms with van der Waals surface area (Å²) in [6.45, 7) is 3.46. The average Bonchev–Trinajstić information content (AvgIpc) is 1.87. The third-order valence-corrected chi connectivity index (χ3v) is 1.13. The Balaban J connectivity index is 3.76. The van der Waals surface area contributed by atoms with Crippen LogP contribution < -0.4 is 11.1 Å². The summed E-state index contributed by atoms with van der Waals surface area (Å²) in [6.07, 6.45) is 0. The minimum absolute atomic E-state index is 0.360. The van der Waals surface area contributed by atoms with Crippen LogP contribution in [0.4, 0.5) is 0 Å². The summed E-state index contributed by atoms with van der Waals surface area (Å²) in [5.41, 5.74) is 4.90. The van der Waals surface area contributed by atoms with Crippen LogP contribution in [0.3, 0.4) is 0 Å². The molecule has 0 aliphatic rings. The molecule has 1 amide bonds. The zero-order valence-corrected chi connectivity index (χ0v) is 6.35. The summed E-state index contributed by atoms with van der Waals surface area (Å²) in [4.78, 5) is 10.6. The maximum absolute atomic E-state index is 10.6. The van der Waals surface area contributed by atoms with E-state index in [1.165, 1.54) is 0 Å². The minimum atomic E-state index is -0.483. The molecule has 0 fully saturated rings. The Morgan fingerprint density at radius 2 is 2.20 bits per heavy atom. The van der Waals surface area contributed by atoms with E-state index in [0.29, 0.717) is 6.54 Å². The fourth-order valence-electron chi connectivity index (χ4n) is 0.468. The van der Waals surface area contributed by atoms with Gasteiger partial charge in [0.05, 0.1) is 0 Å². The first-order chi connectivity index (χ1) is 4.52. The first kappa shape index (κ1) is 9.39. The lowest BCUT2D eigenvalue weighted by molar-refractivity contribution is -0.125. The van der Waals surface area contributed by atoms with E-state index in [-0.39, 0.29) is 0 Å². The van der Waals surface area contributed by atoms with Crippen molar-refractivity contribution in [3.63, 3.8) is 0 Å². The van der Waals surface area contributed by atoms with Gasteiger partial charge in [-0.2, -0.15) is 0 Å². The smallest absolute Gasteiger partial charge is 0.246 e. The van der Waals surface area contributed by atoms with Gasteiger partial charge in [-0.05, 0) is 13.8 Å². The van der Waals surface area contributed by atoms with Crippen molar-refractivity contribution in [3.05, 3.63) is 0 Å². The first-order valence-corrected chi connectivity index (χ1v) is 3.14.